The number of rotatable bonds is 8. The Morgan fingerprint density at radius 3 is 2.36 bits per heavy atom. The van der Waals surface area contributed by atoms with Gasteiger partial charge in [-0.1, -0.05) is 31.2 Å². The molecule has 0 aliphatic carbocycles. The molecule has 1 unspecified atom stereocenters. The first-order chi connectivity index (χ1) is 10.5. The molecule has 1 atom stereocenters. The van der Waals surface area contributed by atoms with Gasteiger partial charge in [-0.2, -0.15) is 0 Å². The minimum Gasteiger partial charge on any atom is -0.493 e. The smallest absolute Gasteiger partial charge is 0.306 e. The van der Waals surface area contributed by atoms with Gasteiger partial charge >= 0.3 is 11.9 Å². The number of hydrogen-bond acceptors (Lipinski definition) is 4. The van der Waals surface area contributed by atoms with Gasteiger partial charge in [-0.25, -0.2) is 0 Å². The summed E-state index contributed by atoms with van der Waals surface area (Å²) in [6.45, 7) is 7.81. The first kappa shape index (κ1) is 19.7. The zero-order valence-corrected chi connectivity index (χ0v) is 13.2. The lowest BCUT2D eigenvalue weighted by molar-refractivity contribution is -0.148. The quantitative estimate of drug-likeness (QED) is 0.589. The van der Waals surface area contributed by atoms with Crippen LogP contribution in [0.5, 0.6) is 5.75 Å². The second-order valence-electron chi connectivity index (χ2n) is 4.71. The highest BCUT2D eigenvalue weighted by molar-refractivity contribution is 5.76. The summed E-state index contributed by atoms with van der Waals surface area (Å²) < 4.78 is 10.5. The first-order valence-electron chi connectivity index (χ1n) is 7.11. The Labute approximate surface area is 131 Å². The number of para-hydroxylation sites is 1. The summed E-state index contributed by atoms with van der Waals surface area (Å²) in [7, 11) is 0. The second-order valence-corrected chi connectivity index (χ2v) is 4.71. The van der Waals surface area contributed by atoms with Crippen molar-refractivity contribution in [3.05, 3.63) is 43.0 Å². The summed E-state index contributed by atoms with van der Waals surface area (Å²) in [5, 5.41) is 8.42. The summed E-state index contributed by atoms with van der Waals surface area (Å²) >= 11 is 0. The third-order valence-corrected chi connectivity index (χ3v) is 2.35. The standard InChI is InChI=1S/C14H18O5.C3H6/c1-11(9-18-12-5-3-2-4-6-12)10-19-14(17)8-7-13(15)16;1-3-2/h2-6,11H,7-10H2,1H3,(H,15,16);3H,1H2,2H3. The predicted octanol–water partition coefficient (Wildman–Crippen LogP) is 3.30. The van der Waals surface area contributed by atoms with Crippen LogP contribution in [0.4, 0.5) is 0 Å². The number of hydrogen-bond donors (Lipinski definition) is 1. The maximum atomic E-state index is 11.2. The maximum absolute atomic E-state index is 11.2. The SMILES string of the molecule is C=CC.CC(COC(=O)CCC(=O)O)COc1ccccc1. The fraction of sp³-hybridized carbons (Fsp3) is 0.412. The number of ether oxygens (including phenoxy) is 2. The van der Waals surface area contributed by atoms with Crippen LogP contribution in [0.1, 0.15) is 26.7 Å². The van der Waals surface area contributed by atoms with Crippen LogP contribution in [-0.2, 0) is 14.3 Å². The molecule has 0 saturated heterocycles. The molecule has 0 aliphatic rings. The van der Waals surface area contributed by atoms with Crippen molar-refractivity contribution in [3.63, 3.8) is 0 Å². The fourth-order valence-corrected chi connectivity index (χ4v) is 1.32. The summed E-state index contributed by atoms with van der Waals surface area (Å²) in [5.74, 6) is -0.674. The fourth-order valence-electron chi connectivity index (χ4n) is 1.32. The normalized spacial score (nSPS) is 10.6. The molecule has 0 aliphatic heterocycles. The van der Waals surface area contributed by atoms with Crippen LogP contribution in [0.15, 0.2) is 43.0 Å². The number of aliphatic carboxylic acids is 1. The molecular formula is C17H24O5. The summed E-state index contributed by atoms with van der Waals surface area (Å²) in [5.41, 5.74) is 0. The van der Waals surface area contributed by atoms with Gasteiger partial charge in [0.2, 0.25) is 0 Å². The van der Waals surface area contributed by atoms with Crippen molar-refractivity contribution in [1.29, 1.82) is 0 Å². The Balaban J connectivity index is 0.00000135. The molecule has 1 aromatic rings. The van der Waals surface area contributed by atoms with Crippen LogP contribution in [0.25, 0.3) is 0 Å². The molecule has 5 heteroatoms. The molecule has 122 valence electrons. The molecule has 5 nitrogen and oxygen atoms in total. The molecular weight excluding hydrogens is 284 g/mol. The second kappa shape index (κ2) is 12.4. The van der Waals surface area contributed by atoms with E-state index in [2.05, 4.69) is 6.58 Å². The lowest BCUT2D eigenvalue weighted by atomic mass is 10.2. The summed E-state index contributed by atoms with van der Waals surface area (Å²) in [6, 6.07) is 9.37. The molecule has 0 aromatic heterocycles. The number of carboxylic acids is 1. The van der Waals surface area contributed by atoms with Gasteiger partial charge in [0.25, 0.3) is 0 Å². The van der Waals surface area contributed by atoms with Crippen molar-refractivity contribution in [1.82, 2.24) is 0 Å². The highest BCUT2D eigenvalue weighted by Crippen LogP contribution is 2.10. The third kappa shape index (κ3) is 11.5. The van der Waals surface area contributed by atoms with E-state index in [1.807, 2.05) is 44.2 Å². The van der Waals surface area contributed by atoms with Gasteiger partial charge in [-0.05, 0) is 19.1 Å². The van der Waals surface area contributed by atoms with Crippen molar-refractivity contribution in [2.45, 2.75) is 26.7 Å². The predicted molar refractivity (Wildman–Crippen MR) is 84.8 cm³/mol. The number of benzene rings is 1. The highest BCUT2D eigenvalue weighted by Gasteiger charge is 2.10. The van der Waals surface area contributed by atoms with Gasteiger partial charge in [0.1, 0.15) is 5.75 Å². The highest BCUT2D eigenvalue weighted by atomic mass is 16.5. The van der Waals surface area contributed by atoms with E-state index in [0.717, 1.165) is 5.75 Å². The van der Waals surface area contributed by atoms with E-state index in [-0.39, 0.29) is 25.4 Å². The number of carbonyl (C=O) groups excluding carboxylic acids is 1. The average molecular weight is 308 g/mol. The first-order valence-corrected chi connectivity index (χ1v) is 7.11. The van der Waals surface area contributed by atoms with Gasteiger partial charge in [-0.3, -0.25) is 9.59 Å². The Hall–Kier alpha value is -2.30. The summed E-state index contributed by atoms with van der Waals surface area (Å²) in [6.07, 6.45) is 1.45. The van der Waals surface area contributed by atoms with Crippen LogP contribution in [0, 0.1) is 5.92 Å². The monoisotopic (exact) mass is 308 g/mol. The number of allylic oxidation sites excluding steroid dienone is 1. The van der Waals surface area contributed by atoms with E-state index in [0.29, 0.717) is 6.61 Å². The molecule has 0 radical (unpaired) electrons. The Kier molecular flexibility index (Phi) is 11.1. The Morgan fingerprint density at radius 1 is 1.23 bits per heavy atom. The maximum Gasteiger partial charge on any atom is 0.306 e. The minimum atomic E-state index is -1.00. The molecule has 0 heterocycles. The van der Waals surface area contributed by atoms with Gasteiger partial charge in [0, 0.05) is 5.92 Å². The summed E-state index contributed by atoms with van der Waals surface area (Å²) in [4.78, 5) is 21.5. The van der Waals surface area contributed by atoms with Crippen LogP contribution in [0.3, 0.4) is 0 Å². The topological polar surface area (TPSA) is 72.8 Å². The molecule has 0 bridgehead atoms. The largest absolute Gasteiger partial charge is 0.493 e. The van der Waals surface area contributed by atoms with Crippen LogP contribution in [0.2, 0.25) is 0 Å². The number of carbonyl (C=O) groups is 2. The average Bonchev–Trinajstić information content (AvgIpc) is 2.50. The molecule has 0 amide bonds. The molecule has 1 aromatic carbocycles. The zero-order valence-electron chi connectivity index (χ0n) is 13.2. The Morgan fingerprint density at radius 2 is 1.82 bits per heavy atom. The molecule has 1 N–H and O–H groups in total. The molecule has 1 rings (SSSR count). The molecule has 22 heavy (non-hydrogen) atoms. The van der Waals surface area contributed by atoms with E-state index in [9.17, 15) is 9.59 Å². The lowest BCUT2D eigenvalue weighted by Gasteiger charge is -2.13. The minimum absolute atomic E-state index is 0.0500. The van der Waals surface area contributed by atoms with E-state index >= 15 is 0 Å². The van der Waals surface area contributed by atoms with Crippen molar-refractivity contribution < 1.29 is 24.2 Å². The van der Waals surface area contributed by atoms with Gasteiger partial charge in [-0.15, -0.1) is 6.58 Å². The van der Waals surface area contributed by atoms with Crippen molar-refractivity contribution in [2.24, 2.45) is 5.92 Å². The Bertz CT molecular complexity index is 442. The molecule has 0 fully saturated rings. The zero-order chi connectivity index (χ0) is 16.8. The van der Waals surface area contributed by atoms with E-state index in [4.69, 9.17) is 14.6 Å². The van der Waals surface area contributed by atoms with Gasteiger partial charge in [0.15, 0.2) is 0 Å². The van der Waals surface area contributed by atoms with Crippen LogP contribution >= 0.6 is 0 Å². The van der Waals surface area contributed by atoms with Crippen molar-refractivity contribution in [2.75, 3.05) is 13.2 Å². The molecule has 0 spiro atoms. The number of esters is 1. The van der Waals surface area contributed by atoms with E-state index < -0.39 is 11.9 Å². The van der Waals surface area contributed by atoms with E-state index in [1.54, 1.807) is 6.08 Å². The number of carboxylic acid groups (broad SMARTS) is 1. The van der Waals surface area contributed by atoms with Crippen molar-refractivity contribution in [3.8, 4) is 5.75 Å². The van der Waals surface area contributed by atoms with Gasteiger partial charge in [0.05, 0.1) is 26.1 Å². The third-order valence-electron chi connectivity index (χ3n) is 2.35. The lowest BCUT2D eigenvalue weighted by Crippen LogP contribution is -2.18. The van der Waals surface area contributed by atoms with E-state index in [1.165, 1.54) is 0 Å². The van der Waals surface area contributed by atoms with Crippen LogP contribution < -0.4 is 4.74 Å². The van der Waals surface area contributed by atoms with Gasteiger partial charge < -0.3 is 14.6 Å². The van der Waals surface area contributed by atoms with Crippen LogP contribution in [-0.4, -0.2) is 30.3 Å². The molecule has 0 saturated carbocycles. The van der Waals surface area contributed by atoms with Crippen molar-refractivity contribution >= 4 is 11.9 Å².